The molecule has 0 atom stereocenters. The summed E-state index contributed by atoms with van der Waals surface area (Å²) in [5.74, 6) is 4.27. The zero-order valence-corrected chi connectivity index (χ0v) is 12.8. The van der Waals surface area contributed by atoms with Crippen LogP contribution in [-0.2, 0) is 9.53 Å². The largest absolute Gasteiger partial charge is 0.456 e. The number of aromatic nitrogens is 4. The van der Waals surface area contributed by atoms with Gasteiger partial charge in [0.25, 0.3) is 0 Å². The van der Waals surface area contributed by atoms with E-state index < -0.39 is 5.97 Å². The number of hydrogen-bond acceptors (Lipinski definition) is 6. The summed E-state index contributed by atoms with van der Waals surface area (Å²) in [5, 5.41) is 0. The third kappa shape index (κ3) is 7.38. The van der Waals surface area contributed by atoms with Gasteiger partial charge < -0.3 is 4.74 Å². The number of hydrogen-bond donors (Lipinski definition) is 0. The van der Waals surface area contributed by atoms with Crippen LogP contribution < -0.4 is 0 Å². The monoisotopic (exact) mass is 382 g/mol. The van der Waals surface area contributed by atoms with Crippen LogP contribution in [0, 0.1) is 15.5 Å². The van der Waals surface area contributed by atoms with E-state index in [4.69, 9.17) is 0 Å². The standard InChI is InChI=1S/C9H8N2O2.C4H3IN2/c1-2-13-9(12)4-3-8-7-10-5-6-11-8;5-4-3-6-1-2-7-4/h5-7H,2H2,1H3;1-3H. The van der Waals surface area contributed by atoms with Gasteiger partial charge in [0.05, 0.1) is 19.0 Å². The summed E-state index contributed by atoms with van der Waals surface area (Å²) in [4.78, 5) is 26.1. The molecule has 2 aromatic rings. The Kier molecular flexibility index (Phi) is 7.83. The Hall–Kier alpha value is -2.08. The van der Waals surface area contributed by atoms with E-state index in [0.717, 1.165) is 3.70 Å². The first-order valence-electron chi connectivity index (χ1n) is 5.58. The molecule has 0 aliphatic rings. The molecule has 2 rings (SSSR count). The highest BCUT2D eigenvalue weighted by Crippen LogP contribution is 1.92. The smallest absolute Gasteiger partial charge is 0.384 e. The lowest BCUT2D eigenvalue weighted by molar-refractivity contribution is -0.136. The van der Waals surface area contributed by atoms with E-state index in [1.54, 1.807) is 25.5 Å². The quantitative estimate of drug-likeness (QED) is 0.422. The summed E-state index contributed by atoms with van der Waals surface area (Å²) in [6, 6.07) is 0. The number of carbonyl (C=O) groups excluding carboxylic acids is 1. The van der Waals surface area contributed by atoms with Gasteiger partial charge in [-0.3, -0.25) is 9.97 Å². The fourth-order valence-electron chi connectivity index (χ4n) is 0.927. The fraction of sp³-hybridized carbons (Fsp3) is 0.154. The SMILES string of the molecule is CCOC(=O)C#Cc1cnccn1.Ic1cnccn1. The summed E-state index contributed by atoms with van der Waals surface area (Å²) in [5.41, 5.74) is 0.454. The van der Waals surface area contributed by atoms with Crippen LogP contribution in [0.15, 0.2) is 37.2 Å². The van der Waals surface area contributed by atoms with Crippen molar-refractivity contribution in [1.82, 2.24) is 19.9 Å². The van der Waals surface area contributed by atoms with Crippen molar-refractivity contribution in [2.24, 2.45) is 0 Å². The molecular formula is C13H11IN4O2. The predicted molar refractivity (Wildman–Crippen MR) is 80.3 cm³/mol. The molecule has 102 valence electrons. The van der Waals surface area contributed by atoms with Gasteiger partial charge in [0.15, 0.2) is 0 Å². The molecule has 7 heteroatoms. The zero-order valence-electron chi connectivity index (χ0n) is 10.7. The van der Waals surface area contributed by atoms with E-state index >= 15 is 0 Å². The maximum atomic E-state index is 10.8. The highest BCUT2D eigenvalue weighted by Gasteiger charge is 1.92. The second kappa shape index (κ2) is 9.80. The third-order valence-electron chi connectivity index (χ3n) is 1.66. The Morgan fingerprint density at radius 2 is 1.90 bits per heavy atom. The van der Waals surface area contributed by atoms with E-state index in [0.29, 0.717) is 12.3 Å². The molecule has 20 heavy (non-hydrogen) atoms. The van der Waals surface area contributed by atoms with Crippen molar-refractivity contribution in [3.05, 3.63) is 46.6 Å². The molecule has 0 aliphatic heterocycles. The molecule has 0 saturated heterocycles. The lowest BCUT2D eigenvalue weighted by Gasteiger charge is -1.90. The molecule has 0 saturated carbocycles. The zero-order chi connectivity index (χ0) is 14.6. The van der Waals surface area contributed by atoms with Gasteiger partial charge in [-0.05, 0) is 35.4 Å². The van der Waals surface area contributed by atoms with E-state index in [1.807, 2.05) is 0 Å². The lowest BCUT2D eigenvalue weighted by atomic mass is 10.4. The maximum absolute atomic E-state index is 10.8. The summed E-state index contributed by atoms with van der Waals surface area (Å²) in [6.45, 7) is 2.05. The van der Waals surface area contributed by atoms with Gasteiger partial charge in [0.1, 0.15) is 9.39 Å². The van der Waals surface area contributed by atoms with Gasteiger partial charge in [0.2, 0.25) is 0 Å². The Bertz CT molecular complexity index is 582. The molecule has 0 fully saturated rings. The Balaban J connectivity index is 0.000000240. The van der Waals surface area contributed by atoms with Crippen LogP contribution in [0.5, 0.6) is 0 Å². The minimum absolute atomic E-state index is 0.327. The lowest BCUT2D eigenvalue weighted by Crippen LogP contribution is -1.99. The van der Waals surface area contributed by atoms with Gasteiger partial charge in [-0.1, -0.05) is 0 Å². The van der Waals surface area contributed by atoms with Crippen molar-refractivity contribution in [2.45, 2.75) is 6.92 Å². The molecule has 0 unspecified atom stereocenters. The second-order valence-electron chi connectivity index (χ2n) is 3.09. The highest BCUT2D eigenvalue weighted by molar-refractivity contribution is 14.1. The average molecular weight is 382 g/mol. The Labute approximate surface area is 130 Å². The van der Waals surface area contributed by atoms with Crippen LogP contribution in [0.3, 0.4) is 0 Å². The van der Waals surface area contributed by atoms with Crippen molar-refractivity contribution in [3.8, 4) is 11.8 Å². The van der Waals surface area contributed by atoms with Crippen LogP contribution in [0.25, 0.3) is 0 Å². The second-order valence-corrected chi connectivity index (χ2v) is 4.19. The molecule has 0 bridgehead atoms. The van der Waals surface area contributed by atoms with Crippen LogP contribution in [0.1, 0.15) is 12.6 Å². The Morgan fingerprint density at radius 1 is 1.20 bits per heavy atom. The van der Waals surface area contributed by atoms with Crippen molar-refractivity contribution in [2.75, 3.05) is 6.61 Å². The molecule has 0 amide bonds. The number of esters is 1. The molecule has 2 aromatic heterocycles. The van der Waals surface area contributed by atoms with Gasteiger partial charge in [-0.15, -0.1) is 0 Å². The van der Waals surface area contributed by atoms with Gasteiger partial charge in [-0.2, -0.15) is 0 Å². The summed E-state index contributed by atoms with van der Waals surface area (Å²) >= 11 is 2.11. The number of halogens is 1. The first-order valence-corrected chi connectivity index (χ1v) is 6.66. The molecule has 6 nitrogen and oxygen atoms in total. The van der Waals surface area contributed by atoms with Gasteiger partial charge >= 0.3 is 5.97 Å². The number of ether oxygens (including phenoxy) is 1. The first kappa shape index (κ1) is 16.0. The van der Waals surface area contributed by atoms with Gasteiger partial charge in [0, 0.05) is 30.7 Å². The first-order chi connectivity index (χ1) is 9.72. The van der Waals surface area contributed by atoms with E-state index in [2.05, 4.69) is 59.1 Å². The summed E-state index contributed by atoms with van der Waals surface area (Å²) in [6.07, 6.45) is 9.56. The average Bonchev–Trinajstić information content (AvgIpc) is 2.48. The Morgan fingerprint density at radius 3 is 2.35 bits per heavy atom. The minimum atomic E-state index is -0.548. The van der Waals surface area contributed by atoms with Crippen LogP contribution in [0.4, 0.5) is 0 Å². The molecule has 2 heterocycles. The molecule has 0 aliphatic carbocycles. The van der Waals surface area contributed by atoms with E-state index in [1.165, 1.54) is 18.6 Å². The molecular weight excluding hydrogens is 371 g/mol. The van der Waals surface area contributed by atoms with Crippen molar-refractivity contribution in [1.29, 1.82) is 0 Å². The van der Waals surface area contributed by atoms with Crippen molar-refractivity contribution < 1.29 is 9.53 Å². The number of nitrogens with zero attached hydrogens (tertiary/aromatic N) is 4. The van der Waals surface area contributed by atoms with Gasteiger partial charge in [-0.25, -0.2) is 14.8 Å². The van der Waals surface area contributed by atoms with Crippen LogP contribution in [-0.4, -0.2) is 32.5 Å². The molecule has 0 radical (unpaired) electrons. The molecule has 0 aromatic carbocycles. The topological polar surface area (TPSA) is 77.9 Å². The molecule has 0 spiro atoms. The minimum Gasteiger partial charge on any atom is -0.456 e. The molecule has 0 N–H and O–H groups in total. The van der Waals surface area contributed by atoms with Crippen molar-refractivity contribution >= 4 is 28.6 Å². The van der Waals surface area contributed by atoms with Crippen LogP contribution in [0.2, 0.25) is 0 Å². The number of carbonyl (C=O) groups is 1. The fourth-order valence-corrected chi connectivity index (χ4v) is 1.25. The highest BCUT2D eigenvalue weighted by atomic mass is 127. The number of rotatable bonds is 1. The summed E-state index contributed by atoms with van der Waals surface area (Å²) < 4.78 is 5.53. The van der Waals surface area contributed by atoms with Crippen LogP contribution >= 0.6 is 22.6 Å². The third-order valence-corrected chi connectivity index (χ3v) is 2.22. The maximum Gasteiger partial charge on any atom is 0.384 e. The van der Waals surface area contributed by atoms with E-state index in [9.17, 15) is 4.79 Å². The summed E-state index contributed by atoms with van der Waals surface area (Å²) in [7, 11) is 0. The normalized spacial score (nSPS) is 8.50. The van der Waals surface area contributed by atoms with Crippen molar-refractivity contribution in [3.63, 3.8) is 0 Å². The predicted octanol–water partition coefficient (Wildman–Crippen LogP) is 1.47. The van der Waals surface area contributed by atoms with E-state index in [-0.39, 0.29) is 0 Å².